The minimum absolute atomic E-state index is 0.000249. The third-order valence-electron chi connectivity index (χ3n) is 7.47. The van der Waals surface area contributed by atoms with Crippen LogP contribution in [0.5, 0.6) is 0 Å². The number of carbonyl (C=O) groups is 2. The van der Waals surface area contributed by atoms with E-state index < -0.39 is 33.4 Å². The Hall–Kier alpha value is -3.77. The number of hydrogen-bond acceptors (Lipinski definition) is 6. The summed E-state index contributed by atoms with van der Waals surface area (Å²) in [5.74, 6) is -0.919. The van der Waals surface area contributed by atoms with Crippen LogP contribution in [0.2, 0.25) is 0 Å². The largest absolute Gasteiger partial charge is 0.352 e. The van der Waals surface area contributed by atoms with Crippen LogP contribution < -0.4 is 9.62 Å². The number of halogens is 1. The predicted molar refractivity (Wildman–Crippen MR) is 169 cm³/mol. The van der Waals surface area contributed by atoms with Crippen LogP contribution in [-0.2, 0) is 32.6 Å². The first-order chi connectivity index (χ1) is 20.5. The fourth-order valence-corrected chi connectivity index (χ4v) is 6.59. The number of sulfonamides is 1. The summed E-state index contributed by atoms with van der Waals surface area (Å²) in [6.07, 6.45) is 6.02. The molecule has 0 heterocycles. The molecule has 0 aromatic heterocycles. The second kappa shape index (κ2) is 14.6. The van der Waals surface area contributed by atoms with E-state index in [-0.39, 0.29) is 36.3 Å². The highest BCUT2D eigenvalue weighted by Gasteiger charge is 2.34. The summed E-state index contributed by atoms with van der Waals surface area (Å²) in [5.41, 5.74) is 1.27. The molecule has 1 aliphatic carbocycles. The zero-order chi connectivity index (χ0) is 31.0. The lowest BCUT2D eigenvalue weighted by molar-refractivity contribution is -0.384. The lowest BCUT2D eigenvalue weighted by Gasteiger charge is -2.35. The summed E-state index contributed by atoms with van der Waals surface area (Å²) in [4.78, 5) is 40.4. The number of amides is 2. The normalized spacial score (nSPS) is 14.5. The Labute approximate surface area is 260 Å². The van der Waals surface area contributed by atoms with E-state index in [4.69, 9.17) is 0 Å². The number of anilines is 1. The predicted octanol–water partition coefficient (Wildman–Crippen LogP) is 5.21. The van der Waals surface area contributed by atoms with E-state index in [1.807, 2.05) is 54.6 Å². The molecule has 43 heavy (non-hydrogen) atoms. The average Bonchev–Trinajstić information content (AvgIpc) is 2.98. The van der Waals surface area contributed by atoms with Gasteiger partial charge in [0, 0.05) is 35.6 Å². The maximum Gasteiger partial charge on any atom is 0.271 e. The molecule has 10 nitrogen and oxygen atoms in total. The van der Waals surface area contributed by atoms with Gasteiger partial charge in [-0.25, -0.2) is 8.42 Å². The van der Waals surface area contributed by atoms with Gasteiger partial charge in [-0.2, -0.15) is 0 Å². The molecule has 1 aliphatic rings. The van der Waals surface area contributed by atoms with Crippen molar-refractivity contribution < 1.29 is 22.9 Å². The molecule has 0 unspecified atom stereocenters. The molecule has 1 fully saturated rings. The van der Waals surface area contributed by atoms with Crippen molar-refractivity contribution in [2.75, 3.05) is 17.1 Å². The molecule has 3 aromatic carbocycles. The quantitative estimate of drug-likeness (QED) is 0.208. The fourth-order valence-electron chi connectivity index (χ4n) is 5.31. The van der Waals surface area contributed by atoms with Gasteiger partial charge in [-0.15, -0.1) is 0 Å². The molecule has 12 heteroatoms. The van der Waals surface area contributed by atoms with Gasteiger partial charge in [0.15, 0.2) is 0 Å². The lowest BCUT2D eigenvalue weighted by atomic mass is 9.94. The van der Waals surface area contributed by atoms with Crippen molar-refractivity contribution in [1.29, 1.82) is 0 Å². The monoisotopic (exact) mass is 670 g/mol. The molecule has 4 rings (SSSR count). The first kappa shape index (κ1) is 32.2. The highest BCUT2D eigenvalue weighted by Crippen LogP contribution is 2.25. The molecule has 1 N–H and O–H groups in total. The minimum Gasteiger partial charge on any atom is -0.352 e. The molecule has 3 aromatic rings. The van der Waals surface area contributed by atoms with Crippen molar-refractivity contribution in [3.8, 4) is 0 Å². The lowest BCUT2D eigenvalue weighted by Crippen LogP contribution is -2.55. The van der Waals surface area contributed by atoms with E-state index in [1.165, 1.54) is 23.1 Å². The number of rotatable bonds is 12. The number of benzene rings is 3. The van der Waals surface area contributed by atoms with Gasteiger partial charge in [-0.05, 0) is 42.2 Å². The number of non-ortho nitro benzene ring substituents is 1. The second-order valence-corrected chi connectivity index (χ2v) is 13.6. The number of nitro benzene ring substituents is 1. The van der Waals surface area contributed by atoms with Gasteiger partial charge in [-0.3, -0.25) is 24.0 Å². The van der Waals surface area contributed by atoms with Gasteiger partial charge in [0.05, 0.1) is 16.9 Å². The molecule has 0 saturated heterocycles. The third kappa shape index (κ3) is 9.11. The standard InChI is InChI=1S/C31H35BrN4O6S/c1-43(41,42)35(27-16-9-17-28(20-27)36(39)40)22-30(37)34(21-24-12-8-13-25(32)18-24)29(19-23-10-4-2-5-11-23)31(38)33-26-14-6-3-7-15-26/h2,4-5,8-13,16-18,20,26,29H,3,6-7,14-15,19,21-22H2,1H3,(H,33,38)/t29-/m1/s1. The van der Waals surface area contributed by atoms with Crippen molar-refractivity contribution in [2.24, 2.45) is 0 Å². The van der Waals surface area contributed by atoms with Crippen LogP contribution in [0.4, 0.5) is 11.4 Å². The second-order valence-electron chi connectivity index (χ2n) is 10.7. The molecule has 0 spiro atoms. The smallest absolute Gasteiger partial charge is 0.271 e. The number of nitrogens with one attached hydrogen (secondary N) is 1. The fraction of sp³-hybridized carbons (Fsp3) is 0.355. The number of nitrogens with zero attached hydrogens (tertiary/aromatic N) is 3. The molecule has 1 atom stereocenters. The Morgan fingerprint density at radius 3 is 2.30 bits per heavy atom. The van der Waals surface area contributed by atoms with Crippen LogP contribution in [0.1, 0.15) is 43.2 Å². The van der Waals surface area contributed by atoms with E-state index >= 15 is 0 Å². The third-order valence-corrected chi connectivity index (χ3v) is 9.11. The van der Waals surface area contributed by atoms with Gasteiger partial charge in [-0.1, -0.05) is 83.7 Å². The van der Waals surface area contributed by atoms with Crippen molar-refractivity contribution in [3.63, 3.8) is 0 Å². The highest BCUT2D eigenvalue weighted by atomic mass is 79.9. The first-order valence-electron chi connectivity index (χ1n) is 14.1. The Bertz CT molecular complexity index is 1550. The van der Waals surface area contributed by atoms with Gasteiger partial charge >= 0.3 is 0 Å². The number of carbonyl (C=O) groups excluding carboxylic acids is 2. The van der Waals surface area contributed by atoms with E-state index in [2.05, 4.69) is 21.2 Å². The van der Waals surface area contributed by atoms with E-state index in [0.29, 0.717) is 0 Å². The number of nitro groups is 1. The van der Waals surface area contributed by atoms with Crippen LogP contribution in [0, 0.1) is 10.1 Å². The van der Waals surface area contributed by atoms with Crippen LogP contribution in [0.3, 0.4) is 0 Å². The average molecular weight is 672 g/mol. The molecular formula is C31H35BrN4O6S. The molecule has 0 radical (unpaired) electrons. The summed E-state index contributed by atoms with van der Waals surface area (Å²) in [6.45, 7) is -0.601. The Balaban J connectivity index is 1.73. The summed E-state index contributed by atoms with van der Waals surface area (Å²) < 4.78 is 27.5. The van der Waals surface area contributed by atoms with Gasteiger partial charge in [0.25, 0.3) is 5.69 Å². The number of hydrogen-bond donors (Lipinski definition) is 1. The van der Waals surface area contributed by atoms with Gasteiger partial charge < -0.3 is 10.2 Å². The van der Waals surface area contributed by atoms with E-state index in [1.54, 1.807) is 0 Å². The Kier molecular flexibility index (Phi) is 10.9. The maximum absolute atomic E-state index is 14.2. The van der Waals surface area contributed by atoms with Crippen LogP contribution in [-0.4, -0.2) is 54.9 Å². The Morgan fingerprint density at radius 2 is 1.65 bits per heavy atom. The molecule has 0 bridgehead atoms. The molecule has 0 aliphatic heterocycles. The van der Waals surface area contributed by atoms with Crippen molar-refractivity contribution >= 4 is 49.1 Å². The van der Waals surface area contributed by atoms with Gasteiger partial charge in [0.1, 0.15) is 12.6 Å². The Morgan fingerprint density at radius 1 is 0.977 bits per heavy atom. The minimum atomic E-state index is -4.04. The first-order valence-corrected chi connectivity index (χ1v) is 16.8. The summed E-state index contributed by atoms with van der Waals surface area (Å²) >= 11 is 3.46. The van der Waals surface area contributed by atoms with Crippen molar-refractivity contribution in [3.05, 3.63) is 105 Å². The van der Waals surface area contributed by atoms with Crippen LogP contribution in [0.25, 0.3) is 0 Å². The van der Waals surface area contributed by atoms with Crippen LogP contribution >= 0.6 is 15.9 Å². The topological polar surface area (TPSA) is 130 Å². The molecule has 2 amide bonds. The summed E-state index contributed by atoms with van der Waals surface area (Å²) in [7, 11) is -4.04. The zero-order valence-corrected chi connectivity index (χ0v) is 26.3. The maximum atomic E-state index is 14.2. The SMILES string of the molecule is CS(=O)(=O)N(CC(=O)N(Cc1cccc(Br)c1)[C@H](Cc1ccccc1)C(=O)NC1CCCCC1)c1cccc([N+](=O)[O-])c1. The zero-order valence-electron chi connectivity index (χ0n) is 23.9. The summed E-state index contributed by atoms with van der Waals surface area (Å²) in [5, 5.41) is 14.6. The molecule has 1 saturated carbocycles. The summed E-state index contributed by atoms with van der Waals surface area (Å²) in [6, 6.07) is 20.9. The van der Waals surface area contributed by atoms with E-state index in [9.17, 15) is 28.1 Å². The van der Waals surface area contributed by atoms with Crippen molar-refractivity contribution in [1.82, 2.24) is 10.2 Å². The molecular weight excluding hydrogens is 636 g/mol. The van der Waals surface area contributed by atoms with Gasteiger partial charge in [0.2, 0.25) is 21.8 Å². The van der Waals surface area contributed by atoms with Crippen LogP contribution in [0.15, 0.2) is 83.3 Å². The highest BCUT2D eigenvalue weighted by molar-refractivity contribution is 9.10. The van der Waals surface area contributed by atoms with Crippen molar-refractivity contribution in [2.45, 2.75) is 57.2 Å². The molecule has 228 valence electrons. The van der Waals surface area contributed by atoms with E-state index in [0.717, 1.165) is 64.3 Å².